The number of hydrogen-bond acceptors (Lipinski definition) is 0. The first kappa shape index (κ1) is 19.6. The summed E-state index contributed by atoms with van der Waals surface area (Å²) in [4.78, 5) is 6.96. The summed E-state index contributed by atoms with van der Waals surface area (Å²) in [6, 6.07) is 8.37. The fourth-order valence-corrected chi connectivity index (χ4v) is 2.84. The van der Waals surface area contributed by atoms with Crippen molar-refractivity contribution in [2.45, 2.75) is 41.5 Å². The molecule has 3 rings (SSSR count). The lowest BCUT2D eigenvalue weighted by atomic mass is 10.1. The Morgan fingerprint density at radius 3 is 1.88 bits per heavy atom. The zero-order valence-corrected chi connectivity index (χ0v) is 15.9. The van der Waals surface area contributed by atoms with Crippen LogP contribution in [0.5, 0.6) is 0 Å². The molecule has 128 valence electrons. The van der Waals surface area contributed by atoms with Crippen molar-refractivity contribution >= 4 is 23.1 Å². The van der Waals surface area contributed by atoms with Gasteiger partial charge in [-0.3, -0.25) is 0 Å². The van der Waals surface area contributed by atoms with Crippen LogP contribution in [0.15, 0.2) is 37.4 Å². The topological polar surface area (TPSA) is 31.6 Å². The Balaban J connectivity index is 0.000000671. The molecule has 1 aromatic carbocycles. The number of rotatable bonds is 3. The van der Waals surface area contributed by atoms with Gasteiger partial charge in [0, 0.05) is 22.2 Å². The van der Waals surface area contributed by atoms with E-state index in [2.05, 4.69) is 55.2 Å². The minimum Gasteiger partial charge on any atom is -0.353 e. The number of benzene rings is 1. The molecule has 0 radical (unpaired) electrons. The second kappa shape index (κ2) is 8.97. The van der Waals surface area contributed by atoms with Gasteiger partial charge in [0.2, 0.25) is 0 Å². The van der Waals surface area contributed by atoms with E-state index in [9.17, 15) is 0 Å². The Morgan fingerprint density at radius 1 is 0.792 bits per heavy atom. The lowest BCUT2D eigenvalue weighted by Gasteiger charge is -2.00. The van der Waals surface area contributed by atoms with E-state index in [1.165, 1.54) is 16.5 Å². The van der Waals surface area contributed by atoms with E-state index in [1.807, 2.05) is 45.9 Å². The maximum atomic E-state index is 3.89. The summed E-state index contributed by atoms with van der Waals surface area (Å²) < 4.78 is 0. The van der Waals surface area contributed by atoms with Gasteiger partial charge in [0.05, 0.1) is 11.4 Å². The van der Waals surface area contributed by atoms with Crippen molar-refractivity contribution in [3.63, 3.8) is 0 Å². The van der Waals surface area contributed by atoms with Crippen LogP contribution in [0.25, 0.3) is 34.4 Å². The number of hydrogen-bond donors (Lipinski definition) is 2. The van der Waals surface area contributed by atoms with E-state index in [4.69, 9.17) is 0 Å². The Labute approximate surface area is 146 Å². The van der Waals surface area contributed by atoms with Crippen LogP contribution in [0.1, 0.15) is 50.1 Å². The predicted octanol–water partition coefficient (Wildman–Crippen LogP) is 7.12. The van der Waals surface area contributed by atoms with Crippen molar-refractivity contribution in [2.24, 2.45) is 0 Å². The first-order chi connectivity index (χ1) is 11.7. The molecule has 0 aliphatic heterocycles. The van der Waals surface area contributed by atoms with Crippen LogP contribution in [0.4, 0.5) is 0 Å². The molecule has 0 spiro atoms. The number of nitrogens with one attached hydrogen (secondary N) is 2. The predicted molar refractivity (Wildman–Crippen MR) is 110 cm³/mol. The molecule has 2 heteroatoms. The van der Waals surface area contributed by atoms with Gasteiger partial charge in [0.15, 0.2) is 0 Å². The minimum absolute atomic E-state index is 1.02. The first-order valence-electron chi connectivity index (χ1n) is 8.72. The van der Waals surface area contributed by atoms with E-state index in [0.29, 0.717) is 0 Å². The van der Waals surface area contributed by atoms with Crippen LogP contribution in [0.3, 0.4) is 0 Å². The number of aryl methyl sites for hydroxylation is 1. The highest BCUT2D eigenvalue weighted by atomic mass is 14.8. The molecule has 0 aliphatic carbocycles. The quantitative estimate of drug-likeness (QED) is 0.514. The summed E-state index contributed by atoms with van der Waals surface area (Å²) in [6.45, 7) is 20.0. The highest BCUT2D eigenvalue weighted by Crippen LogP contribution is 2.33. The maximum absolute atomic E-state index is 3.89. The standard InChI is InChI=1S/C18H18N2.2C2H6/c1-5-13-11(3)17(19-15(13)6-2)18-12(4)14-9-7-8-10-16(14)20-18;2*1-2/h5-10,19-20H,1-2H2,3-4H3;2*1-2H3. The SMILES string of the molecule is C=Cc1[nH]c(-c2[nH]c3ccccc3c2C)c(C)c1C=C.CC.CC. The number of aromatic amines is 2. The van der Waals surface area contributed by atoms with Gasteiger partial charge in [-0.1, -0.05) is 65.1 Å². The van der Waals surface area contributed by atoms with Crippen molar-refractivity contribution in [1.29, 1.82) is 0 Å². The third kappa shape index (κ3) is 3.38. The van der Waals surface area contributed by atoms with Gasteiger partial charge in [-0.15, -0.1) is 0 Å². The molecule has 0 fully saturated rings. The molecule has 0 bridgehead atoms. The van der Waals surface area contributed by atoms with Crippen LogP contribution in [0.2, 0.25) is 0 Å². The van der Waals surface area contributed by atoms with Gasteiger partial charge in [-0.2, -0.15) is 0 Å². The molecule has 0 unspecified atom stereocenters. The van der Waals surface area contributed by atoms with E-state index < -0.39 is 0 Å². The molecule has 24 heavy (non-hydrogen) atoms. The van der Waals surface area contributed by atoms with E-state index in [1.54, 1.807) is 0 Å². The third-order valence-corrected chi connectivity index (χ3v) is 3.95. The number of fused-ring (bicyclic) bond motifs is 1. The zero-order valence-electron chi connectivity index (χ0n) is 15.9. The van der Waals surface area contributed by atoms with Crippen LogP contribution in [-0.4, -0.2) is 9.97 Å². The van der Waals surface area contributed by atoms with Gasteiger partial charge in [-0.25, -0.2) is 0 Å². The average molecular weight is 322 g/mol. The Kier molecular flexibility index (Phi) is 7.31. The summed E-state index contributed by atoms with van der Waals surface area (Å²) in [5, 5.41) is 1.26. The summed E-state index contributed by atoms with van der Waals surface area (Å²) in [7, 11) is 0. The van der Waals surface area contributed by atoms with Crippen LogP contribution >= 0.6 is 0 Å². The Bertz CT molecular complexity index is 816. The lowest BCUT2D eigenvalue weighted by molar-refractivity contribution is 1.29. The molecule has 2 heterocycles. The second-order valence-corrected chi connectivity index (χ2v) is 5.03. The smallest absolute Gasteiger partial charge is 0.0663 e. The van der Waals surface area contributed by atoms with Gasteiger partial charge >= 0.3 is 0 Å². The fourth-order valence-electron chi connectivity index (χ4n) is 2.84. The van der Waals surface area contributed by atoms with Crippen LogP contribution < -0.4 is 0 Å². The maximum Gasteiger partial charge on any atom is 0.0663 e. The molecule has 3 aromatic rings. The summed E-state index contributed by atoms with van der Waals surface area (Å²) >= 11 is 0. The summed E-state index contributed by atoms with van der Waals surface area (Å²) in [5.74, 6) is 0. The monoisotopic (exact) mass is 322 g/mol. The van der Waals surface area contributed by atoms with Crippen molar-refractivity contribution in [3.05, 3.63) is 59.8 Å². The molecule has 2 nitrogen and oxygen atoms in total. The molecule has 2 aromatic heterocycles. The average Bonchev–Trinajstić information content (AvgIpc) is 3.15. The number of aromatic nitrogens is 2. The number of para-hydroxylation sites is 1. The summed E-state index contributed by atoms with van der Waals surface area (Å²) in [5.41, 5.74) is 8.01. The van der Waals surface area contributed by atoms with E-state index in [-0.39, 0.29) is 0 Å². The van der Waals surface area contributed by atoms with Gasteiger partial charge in [0.25, 0.3) is 0 Å². The van der Waals surface area contributed by atoms with Gasteiger partial charge < -0.3 is 9.97 Å². The molecule has 0 atom stereocenters. The van der Waals surface area contributed by atoms with Crippen LogP contribution in [0, 0.1) is 13.8 Å². The highest BCUT2D eigenvalue weighted by Gasteiger charge is 2.16. The second-order valence-electron chi connectivity index (χ2n) is 5.03. The summed E-state index contributed by atoms with van der Waals surface area (Å²) in [6.07, 6.45) is 3.72. The number of H-pyrrole nitrogens is 2. The zero-order chi connectivity index (χ0) is 18.3. The van der Waals surface area contributed by atoms with E-state index >= 15 is 0 Å². The minimum atomic E-state index is 1.02. The van der Waals surface area contributed by atoms with Crippen molar-refractivity contribution in [2.75, 3.05) is 0 Å². The molecule has 0 saturated heterocycles. The van der Waals surface area contributed by atoms with Crippen molar-refractivity contribution in [1.82, 2.24) is 9.97 Å². The normalized spacial score (nSPS) is 9.58. The third-order valence-electron chi connectivity index (χ3n) is 3.95. The molecule has 0 saturated carbocycles. The van der Waals surface area contributed by atoms with Crippen molar-refractivity contribution in [3.8, 4) is 11.4 Å². The highest BCUT2D eigenvalue weighted by molar-refractivity contribution is 5.91. The van der Waals surface area contributed by atoms with Crippen LogP contribution in [-0.2, 0) is 0 Å². The van der Waals surface area contributed by atoms with Gasteiger partial charge in [0.1, 0.15) is 0 Å². The van der Waals surface area contributed by atoms with Crippen molar-refractivity contribution < 1.29 is 0 Å². The first-order valence-corrected chi connectivity index (χ1v) is 8.72. The molecular formula is C22H30N2. The molecule has 0 amide bonds. The lowest BCUT2D eigenvalue weighted by Crippen LogP contribution is -1.84. The molecule has 2 N–H and O–H groups in total. The van der Waals surface area contributed by atoms with E-state index in [0.717, 1.165) is 28.2 Å². The van der Waals surface area contributed by atoms with Gasteiger partial charge in [-0.05, 0) is 37.1 Å². The molecule has 0 aliphatic rings. The molecular weight excluding hydrogens is 292 g/mol. The largest absolute Gasteiger partial charge is 0.353 e. The Hall–Kier alpha value is -2.48. The fraction of sp³-hybridized carbons (Fsp3) is 0.273. The Morgan fingerprint density at radius 2 is 1.38 bits per heavy atom.